The van der Waals surface area contributed by atoms with Crippen molar-refractivity contribution in [3.63, 3.8) is 0 Å². The predicted molar refractivity (Wildman–Crippen MR) is 101 cm³/mol. The van der Waals surface area contributed by atoms with Gasteiger partial charge in [-0.05, 0) is 31.2 Å². The second-order valence-corrected chi connectivity index (χ2v) is 7.00. The Kier molecular flexibility index (Phi) is 4.72. The molecule has 0 radical (unpaired) electrons. The summed E-state index contributed by atoms with van der Waals surface area (Å²) in [5.74, 6) is 0.874. The van der Waals surface area contributed by atoms with Gasteiger partial charge in [0.05, 0.1) is 11.1 Å². The van der Waals surface area contributed by atoms with Crippen molar-refractivity contribution in [3.05, 3.63) is 59.9 Å². The van der Waals surface area contributed by atoms with Crippen LogP contribution in [-0.2, 0) is 6.54 Å². The number of rotatable bonds is 6. The molecular weight excluding hydrogens is 362 g/mol. The van der Waals surface area contributed by atoms with E-state index < -0.39 is 0 Å². The third-order valence-electron chi connectivity index (χ3n) is 4.40. The number of aromatic nitrogens is 4. The lowest BCUT2D eigenvalue weighted by atomic mass is 10.1. The zero-order valence-electron chi connectivity index (χ0n) is 14.7. The lowest BCUT2D eigenvalue weighted by Crippen LogP contribution is -2.31. The molecule has 0 spiro atoms. The number of carbonyl (C=O) groups excluding carboxylic acids is 2. The monoisotopic (exact) mass is 379 g/mol. The SMILES string of the molecule is CCn1c(SCCN2C(=O)c3ccccc3C2=O)nnc1-c1ccncc1. The smallest absolute Gasteiger partial charge is 0.261 e. The number of fused-ring (bicyclic) bond motifs is 1. The van der Waals surface area contributed by atoms with E-state index in [-0.39, 0.29) is 11.8 Å². The first-order valence-corrected chi connectivity index (χ1v) is 9.61. The quantitative estimate of drug-likeness (QED) is 0.484. The summed E-state index contributed by atoms with van der Waals surface area (Å²) in [6.45, 7) is 3.08. The number of imide groups is 1. The molecule has 3 heterocycles. The molecule has 0 unspecified atom stereocenters. The Hall–Kier alpha value is -3.00. The van der Waals surface area contributed by atoms with Crippen molar-refractivity contribution in [3.8, 4) is 11.4 Å². The average molecular weight is 379 g/mol. The van der Waals surface area contributed by atoms with E-state index in [2.05, 4.69) is 15.2 Å². The van der Waals surface area contributed by atoms with Gasteiger partial charge in [-0.15, -0.1) is 10.2 Å². The largest absolute Gasteiger partial charge is 0.302 e. The minimum Gasteiger partial charge on any atom is -0.302 e. The van der Waals surface area contributed by atoms with Gasteiger partial charge in [-0.1, -0.05) is 23.9 Å². The topological polar surface area (TPSA) is 81.0 Å². The van der Waals surface area contributed by atoms with Crippen LogP contribution < -0.4 is 0 Å². The minimum atomic E-state index is -0.231. The van der Waals surface area contributed by atoms with Gasteiger partial charge in [0.2, 0.25) is 0 Å². The van der Waals surface area contributed by atoms with Crippen LogP contribution in [-0.4, -0.2) is 48.8 Å². The number of hydrogen-bond acceptors (Lipinski definition) is 6. The Balaban J connectivity index is 1.46. The lowest BCUT2D eigenvalue weighted by Gasteiger charge is -2.13. The summed E-state index contributed by atoms with van der Waals surface area (Å²) in [5.41, 5.74) is 1.90. The van der Waals surface area contributed by atoms with Crippen LogP contribution >= 0.6 is 11.8 Å². The highest BCUT2D eigenvalue weighted by atomic mass is 32.2. The molecule has 1 aliphatic heterocycles. The van der Waals surface area contributed by atoms with E-state index in [9.17, 15) is 9.59 Å². The van der Waals surface area contributed by atoms with Crippen molar-refractivity contribution >= 4 is 23.6 Å². The highest BCUT2D eigenvalue weighted by Gasteiger charge is 2.34. The maximum Gasteiger partial charge on any atom is 0.261 e. The number of hydrogen-bond donors (Lipinski definition) is 0. The Morgan fingerprint density at radius 2 is 1.63 bits per heavy atom. The second-order valence-electron chi connectivity index (χ2n) is 5.94. The number of amides is 2. The molecule has 27 heavy (non-hydrogen) atoms. The summed E-state index contributed by atoms with van der Waals surface area (Å²) in [6.07, 6.45) is 3.44. The first kappa shape index (κ1) is 17.4. The van der Waals surface area contributed by atoms with Crippen LogP contribution in [0.25, 0.3) is 11.4 Å². The summed E-state index contributed by atoms with van der Waals surface area (Å²) < 4.78 is 2.02. The fraction of sp³-hybridized carbons (Fsp3) is 0.211. The third-order valence-corrected chi connectivity index (χ3v) is 5.34. The van der Waals surface area contributed by atoms with Gasteiger partial charge in [0.1, 0.15) is 0 Å². The number of carbonyl (C=O) groups is 2. The normalized spacial score (nSPS) is 13.3. The predicted octanol–water partition coefficient (Wildman–Crippen LogP) is 2.75. The molecule has 1 aromatic carbocycles. The number of thioether (sulfide) groups is 1. The Bertz CT molecular complexity index is 967. The van der Waals surface area contributed by atoms with Gasteiger partial charge in [-0.3, -0.25) is 19.5 Å². The molecule has 0 saturated heterocycles. The number of nitrogens with zero attached hydrogens (tertiary/aromatic N) is 5. The molecule has 8 heteroatoms. The van der Waals surface area contributed by atoms with Gasteiger partial charge < -0.3 is 4.57 Å². The maximum atomic E-state index is 12.4. The summed E-state index contributed by atoms with van der Waals surface area (Å²) in [4.78, 5) is 30.2. The molecule has 0 fully saturated rings. The molecule has 2 aromatic heterocycles. The molecule has 0 atom stereocenters. The first-order chi connectivity index (χ1) is 13.2. The Morgan fingerprint density at radius 3 is 2.26 bits per heavy atom. The summed E-state index contributed by atoms with van der Waals surface area (Å²) in [5, 5.41) is 9.32. The molecular formula is C19H17N5O2S. The van der Waals surface area contributed by atoms with Crippen molar-refractivity contribution in [2.75, 3.05) is 12.3 Å². The van der Waals surface area contributed by atoms with E-state index in [4.69, 9.17) is 0 Å². The van der Waals surface area contributed by atoms with E-state index >= 15 is 0 Å². The summed E-state index contributed by atoms with van der Waals surface area (Å²) in [6, 6.07) is 10.7. The molecule has 4 rings (SSSR count). The van der Waals surface area contributed by atoms with E-state index in [1.807, 2.05) is 23.6 Å². The van der Waals surface area contributed by atoms with Gasteiger partial charge in [-0.25, -0.2) is 0 Å². The first-order valence-electron chi connectivity index (χ1n) is 8.62. The highest BCUT2D eigenvalue weighted by molar-refractivity contribution is 7.99. The van der Waals surface area contributed by atoms with Crippen molar-refractivity contribution in [2.45, 2.75) is 18.6 Å². The van der Waals surface area contributed by atoms with Gasteiger partial charge in [0.25, 0.3) is 11.8 Å². The van der Waals surface area contributed by atoms with Gasteiger partial charge >= 0.3 is 0 Å². The molecule has 0 N–H and O–H groups in total. The van der Waals surface area contributed by atoms with Crippen LogP contribution in [0.5, 0.6) is 0 Å². The van der Waals surface area contributed by atoms with E-state index in [1.165, 1.54) is 16.7 Å². The van der Waals surface area contributed by atoms with E-state index in [0.717, 1.165) is 23.1 Å². The molecule has 3 aromatic rings. The van der Waals surface area contributed by atoms with Crippen LogP contribution in [0, 0.1) is 0 Å². The fourth-order valence-electron chi connectivity index (χ4n) is 3.07. The minimum absolute atomic E-state index is 0.231. The van der Waals surface area contributed by atoms with Crippen LogP contribution in [0.2, 0.25) is 0 Å². The molecule has 2 amide bonds. The van der Waals surface area contributed by atoms with Crippen LogP contribution in [0.4, 0.5) is 0 Å². The molecule has 1 aliphatic rings. The maximum absolute atomic E-state index is 12.4. The second kappa shape index (κ2) is 7.32. The number of benzene rings is 1. The highest BCUT2D eigenvalue weighted by Crippen LogP contribution is 2.26. The molecule has 0 saturated carbocycles. The standard InChI is InChI=1S/C19H17N5O2S/c1-2-23-16(13-7-9-20-10-8-13)21-22-19(23)27-12-11-24-17(25)14-5-3-4-6-15(14)18(24)26/h3-10H,2,11-12H2,1H3. The van der Waals surface area contributed by atoms with Crippen molar-refractivity contribution < 1.29 is 9.59 Å². The van der Waals surface area contributed by atoms with Gasteiger partial charge in [0, 0.05) is 36.8 Å². The van der Waals surface area contributed by atoms with Gasteiger partial charge in [-0.2, -0.15) is 0 Å². The summed E-state index contributed by atoms with van der Waals surface area (Å²) >= 11 is 1.48. The van der Waals surface area contributed by atoms with Crippen LogP contribution in [0.15, 0.2) is 53.9 Å². The molecule has 0 bridgehead atoms. The molecule has 0 aliphatic carbocycles. The molecule has 7 nitrogen and oxygen atoms in total. The zero-order chi connectivity index (χ0) is 18.8. The van der Waals surface area contributed by atoms with Crippen molar-refractivity contribution in [1.29, 1.82) is 0 Å². The number of pyridine rings is 1. The van der Waals surface area contributed by atoms with E-state index in [1.54, 1.807) is 36.7 Å². The fourth-order valence-corrected chi connectivity index (χ4v) is 3.99. The van der Waals surface area contributed by atoms with Gasteiger partial charge in [0.15, 0.2) is 11.0 Å². The summed E-state index contributed by atoms with van der Waals surface area (Å²) in [7, 11) is 0. The Morgan fingerprint density at radius 1 is 0.963 bits per heavy atom. The van der Waals surface area contributed by atoms with Crippen LogP contribution in [0.3, 0.4) is 0 Å². The van der Waals surface area contributed by atoms with Crippen LogP contribution in [0.1, 0.15) is 27.6 Å². The molecule has 136 valence electrons. The van der Waals surface area contributed by atoms with E-state index in [0.29, 0.717) is 23.4 Å². The third kappa shape index (κ3) is 3.12. The lowest BCUT2D eigenvalue weighted by molar-refractivity contribution is 0.0664. The average Bonchev–Trinajstić information content (AvgIpc) is 3.23. The van der Waals surface area contributed by atoms with Crippen molar-refractivity contribution in [1.82, 2.24) is 24.6 Å². The zero-order valence-corrected chi connectivity index (χ0v) is 15.5. The Labute approximate surface area is 160 Å². The van der Waals surface area contributed by atoms with Crippen molar-refractivity contribution in [2.24, 2.45) is 0 Å².